The normalized spacial score (nSPS) is 20.4. The van der Waals surface area contributed by atoms with Gasteiger partial charge in [0, 0.05) is 32.6 Å². The summed E-state index contributed by atoms with van der Waals surface area (Å²) < 4.78 is 27.4. The Kier molecular flexibility index (Phi) is 7.53. The highest BCUT2D eigenvalue weighted by molar-refractivity contribution is 5.91. The molecule has 8 nitrogen and oxygen atoms in total. The molecular weight excluding hydrogens is 366 g/mol. The van der Waals surface area contributed by atoms with Gasteiger partial charge in [-0.25, -0.2) is 0 Å². The Bertz CT molecular complexity index is 691. The molecule has 1 amide bonds. The van der Waals surface area contributed by atoms with Crippen molar-refractivity contribution in [3.05, 3.63) is 35.6 Å². The average Bonchev–Trinajstić information content (AvgIpc) is 3.19. The van der Waals surface area contributed by atoms with Crippen LogP contribution in [-0.2, 0) is 19.0 Å². The van der Waals surface area contributed by atoms with E-state index in [1.165, 1.54) is 0 Å². The highest BCUT2D eigenvalue weighted by Crippen LogP contribution is 2.38. The van der Waals surface area contributed by atoms with Gasteiger partial charge in [-0.15, -0.1) is 0 Å². The molecule has 2 N–H and O–H groups in total. The van der Waals surface area contributed by atoms with Crippen LogP contribution in [0.15, 0.2) is 30.0 Å². The molecule has 3 rings (SSSR count). The minimum absolute atomic E-state index is 0.0609. The van der Waals surface area contributed by atoms with Gasteiger partial charge in [0.2, 0.25) is 13.1 Å². The molecule has 1 aromatic rings. The Balaban J connectivity index is 1.72. The molecule has 0 aromatic heterocycles. The van der Waals surface area contributed by atoms with Crippen LogP contribution in [0.5, 0.6) is 11.5 Å². The standard InChI is InChI=1S/C20H27NO7/c1-24-9-6-21-20(23)18-11-15(12-19(28-18)25-8-3-2-7-22)14-4-5-16-17(10-14)27-13-26-16/h4-5,10-11,15,19,22H,2-3,6-9,12-13H2,1H3,(H,21,23). The molecule has 0 bridgehead atoms. The number of benzene rings is 1. The topological polar surface area (TPSA) is 95.5 Å². The predicted octanol–water partition coefficient (Wildman–Crippen LogP) is 1.68. The molecule has 0 radical (unpaired) electrons. The number of aliphatic hydroxyl groups is 1. The molecule has 1 aromatic carbocycles. The highest BCUT2D eigenvalue weighted by Gasteiger charge is 2.29. The molecule has 2 aliphatic heterocycles. The quantitative estimate of drug-likeness (QED) is 0.584. The van der Waals surface area contributed by atoms with E-state index in [-0.39, 0.29) is 31.0 Å². The van der Waals surface area contributed by atoms with Gasteiger partial charge in [-0.2, -0.15) is 0 Å². The van der Waals surface area contributed by atoms with Crippen LogP contribution < -0.4 is 14.8 Å². The van der Waals surface area contributed by atoms with E-state index in [1.54, 1.807) is 7.11 Å². The van der Waals surface area contributed by atoms with Crippen molar-refractivity contribution in [3.63, 3.8) is 0 Å². The number of methoxy groups -OCH3 is 1. The molecule has 2 heterocycles. The van der Waals surface area contributed by atoms with Crippen LogP contribution >= 0.6 is 0 Å². The van der Waals surface area contributed by atoms with Crippen molar-refractivity contribution in [2.24, 2.45) is 0 Å². The number of aliphatic hydroxyl groups excluding tert-OH is 1. The summed E-state index contributed by atoms with van der Waals surface area (Å²) in [6.07, 6.45) is 3.24. The Hall–Kier alpha value is -2.29. The fourth-order valence-corrected chi connectivity index (χ4v) is 3.08. The monoisotopic (exact) mass is 393 g/mol. The van der Waals surface area contributed by atoms with E-state index in [1.807, 2.05) is 24.3 Å². The van der Waals surface area contributed by atoms with Crippen LogP contribution in [0.1, 0.15) is 30.7 Å². The second-order valence-electron chi connectivity index (χ2n) is 6.58. The molecule has 154 valence electrons. The first-order valence-electron chi connectivity index (χ1n) is 9.49. The number of hydrogen-bond acceptors (Lipinski definition) is 7. The van der Waals surface area contributed by atoms with Crippen molar-refractivity contribution in [1.82, 2.24) is 5.32 Å². The first kappa shape index (κ1) is 20.4. The number of ether oxygens (including phenoxy) is 5. The summed E-state index contributed by atoms with van der Waals surface area (Å²) in [5.74, 6) is 1.29. The molecular formula is C20H27NO7. The molecule has 2 aliphatic rings. The lowest BCUT2D eigenvalue weighted by atomic mass is 9.92. The van der Waals surface area contributed by atoms with Crippen molar-refractivity contribution in [1.29, 1.82) is 0 Å². The van der Waals surface area contributed by atoms with Crippen LogP contribution in [-0.4, -0.2) is 57.6 Å². The predicted molar refractivity (Wildman–Crippen MR) is 100 cm³/mol. The third-order valence-electron chi connectivity index (χ3n) is 4.55. The SMILES string of the molecule is COCCNC(=O)C1=CC(c2ccc3c(c2)OCO3)CC(OCCCCO)O1. The van der Waals surface area contributed by atoms with Crippen molar-refractivity contribution >= 4 is 5.91 Å². The third kappa shape index (κ3) is 5.37. The van der Waals surface area contributed by atoms with Gasteiger partial charge in [-0.1, -0.05) is 6.07 Å². The Morgan fingerprint density at radius 3 is 2.93 bits per heavy atom. The number of carbonyl (C=O) groups excluding carboxylic acids is 1. The first-order chi connectivity index (χ1) is 13.7. The van der Waals surface area contributed by atoms with Crippen molar-refractivity contribution in [3.8, 4) is 11.5 Å². The molecule has 0 saturated heterocycles. The van der Waals surface area contributed by atoms with Gasteiger partial charge in [-0.3, -0.25) is 4.79 Å². The van der Waals surface area contributed by atoms with Gasteiger partial charge in [0.05, 0.1) is 13.2 Å². The first-order valence-corrected chi connectivity index (χ1v) is 9.49. The zero-order valence-corrected chi connectivity index (χ0v) is 16.0. The second kappa shape index (κ2) is 10.3. The van der Waals surface area contributed by atoms with E-state index < -0.39 is 6.29 Å². The molecule has 28 heavy (non-hydrogen) atoms. The molecule has 0 spiro atoms. The maximum Gasteiger partial charge on any atom is 0.286 e. The fraction of sp³-hybridized carbons (Fsp3) is 0.550. The number of amides is 1. The highest BCUT2D eigenvalue weighted by atomic mass is 16.7. The number of unbranched alkanes of at least 4 members (excludes halogenated alkanes) is 1. The van der Waals surface area contributed by atoms with Crippen molar-refractivity contribution in [2.75, 3.05) is 40.3 Å². The maximum absolute atomic E-state index is 12.5. The van der Waals surface area contributed by atoms with Crippen LogP contribution in [0.4, 0.5) is 0 Å². The average molecular weight is 393 g/mol. The van der Waals surface area contributed by atoms with Gasteiger partial charge in [-0.05, 0) is 36.6 Å². The number of allylic oxidation sites excluding steroid dienone is 1. The Morgan fingerprint density at radius 2 is 2.11 bits per heavy atom. The number of carbonyl (C=O) groups is 1. The Morgan fingerprint density at radius 1 is 1.25 bits per heavy atom. The minimum atomic E-state index is -0.540. The summed E-state index contributed by atoms with van der Waals surface area (Å²) in [4.78, 5) is 12.5. The largest absolute Gasteiger partial charge is 0.459 e. The van der Waals surface area contributed by atoms with Crippen molar-refractivity contribution in [2.45, 2.75) is 31.5 Å². The third-order valence-corrected chi connectivity index (χ3v) is 4.55. The van der Waals surface area contributed by atoms with E-state index >= 15 is 0 Å². The van der Waals surface area contributed by atoms with Gasteiger partial charge >= 0.3 is 0 Å². The summed E-state index contributed by atoms with van der Waals surface area (Å²) in [7, 11) is 1.58. The van der Waals surface area contributed by atoms with Crippen LogP contribution in [0.2, 0.25) is 0 Å². The number of nitrogens with one attached hydrogen (secondary N) is 1. The Labute approximate surface area is 164 Å². The maximum atomic E-state index is 12.5. The number of hydrogen-bond donors (Lipinski definition) is 2. The fourth-order valence-electron chi connectivity index (χ4n) is 3.08. The minimum Gasteiger partial charge on any atom is -0.459 e. The summed E-state index contributed by atoms with van der Waals surface area (Å²) in [6.45, 7) is 1.62. The zero-order valence-electron chi connectivity index (χ0n) is 16.0. The van der Waals surface area contributed by atoms with Gasteiger partial charge in [0.25, 0.3) is 5.91 Å². The lowest BCUT2D eigenvalue weighted by Crippen LogP contribution is -2.34. The number of rotatable bonds is 10. The lowest BCUT2D eigenvalue weighted by molar-refractivity contribution is -0.146. The zero-order chi connectivity index (χ0) is 19.8. The van der Waals surface area contributed by atoms with Gasteiger partial charge in [0.15, 0.2) is 17.3 Å². The van der Waals surface area contributed by atoms with E-state index in [0.29, 0.717) is 44.1 Å². The summed E-state index contributed by atoms with van der Waals surface area (Å²) in [5.41, 5.74) is 0.999. The number of fused-ring (bicyclic) bond motifs is 1. The summed E-state index contributed by atoms with van der Waals surface area (Å²) in [6, 6.07) is 5.76. The van der Waals surface area contributed by atoms with Gasteiger partial charge in [0.1, 0.15) is 0 Å². The molecule has 2 unspecified atom stereocenters. The lowest BCUT2D eigenvalue weighted by Gasteiger charge is -2.29. The summed E-state index contributed by atoms with van der Waals surface area (Å²) in [5, 5.41) is 11.7. The van der Waals surface area contributed by atoms with Crippen molar-refractivity contribution < 1.29 is 33.6 Å². The smallest absolute Gasteiger partial charge is 0.286 e. The molecule has 0 fully saturated rings. The van der Waals surface area contributed by atoms with E-state index in [9.17, 15) is 4.79 Å². The van der Waals surface area contributed by atoms with E-state index in [0.717, 1.165) is 12.0 Å². The van der Waals surface area contributed by atoms with Gasteiger partial charge < -0.3 is 34.1 Å². The van der Waals surface area contributed by atoms with E-state index in [4.69, 9.17) is 28.8 Å². The molecule has 8 heteroatoms. The van der Waals surface area contributed by atoms with Crippen LogP contribution in [0.25, 0.3) is 0 Å². The molecule has 0 aliphatic carbocycles. The van der Waals surface area contributed by atoms with Crippen LogP contribution in [0, 0.1) is 0 Å². The molecule has 0 saturated carbocycles. The molecule has 2 atom stereocenters. The second-order valence-corrected chi connectivity index (χ2v) is 6.58. The summed E-state index contributed by atoms with van der Waals surface area (Å²) >= 11 is 0. The van der Waals surface area contributed by atoms with E-state index in [2.05, 4.69) is 5.32 Å². The van der Waals surface area contributed by atoms with Crippen LogP contribution in [0.3, 0.4) is 0 Å².